The van der Waals surface area contributed by atoms with E-state index in [0.29, 0.717) is 24.2 Å². The molecule has 6 heterocycles. The molecule has 0 radical (unpaired) electrons. The predicted octanol–water partition coefficient (Wildman–Crippen LogP) is 7.83. The number of piperidine rings is 2. The van der Waals surface area contributed by atoms with Gasteiger partial charge in [0.15, 0.2) is 0 Å². The maximum absolute atomic E-state index is 12.9. The Kier molecular flexibility index (Phi) is 10.5. The zero-order valence-electron chi connectivity index (χ0n) is 34.0. The number of benzene rings is 2. The molecule has 0 amide bonds. The Morgan fingerprint density at radius 1 is 0.534 bits per heavy atom. The van der Waals surface area contributed by atoms with Crippen LogP contribution in [0, 0.1) is 0 Å². The van der Waals surface area contributed by atoms with Crippen molar-refractivity contribution in [2.24, 2.45) is 0 Å². The standard InChI is InChI=1S/2C24H29N3O2/c2*1-24-14-13-18(27(24)17-9-5-3-2-4-6-10-17)15-19(16-24)26-21-12-8-7-11-20(21)25-22(28)23(26)29/h2*5,7-9,11-14,17-19H,2-4,6,10,15-16H2,1H3,(H,25,28)/b2*9-5-/t17?,18-,19+,24+;17?,18-,19-,24+/m00/s1. The highest BCUT2D eigenvalue weighted by atomic mass is 16.2. The number of aromatic amines is 2. The Morgan fingerprint density at radius 2 is 0.966 bits per heavy atom. The minimum Gasteiger partial charge on any atom is -0.316 e. The number of aromatic nitrogens is 4. The third-order valence-corrected chi connectivity index (χ3v) is 14.1. The number of fused-ring (bicyclic) bond motifs is 6. The average Bonchev–Trinajstić information content (AvgIpc) is 3.51. The number of hydrogen-bond donors (Lipinski definition) is 2. The summed E-state index contributed by atoms with van der Waals surface area (Å²) in [6.45, 7) is 4.59. The van der Waals surface area contributed by atoms with Crippen molar-refractivity contribution >= 4 is 22.1 Å². The van der Waals surface area contributed by atoms with Crippen molar-refractivity contribution in [1.82, 2.24) is 28.9 Å². The molecule has 58 heavy (non-hydrogen) atoms. The van der Waals surface area contributed by atoms with Crippen LogP contribution in [0.4, 0.5) is 0 Å². The first kappa shape index (κ1) is 38.7. The summed E-state index contributed by atoms with van der Waals surface area (Å²) in [5, 5.41) is 0. The lowest BCUT2D eigenvalue weighted by Crippen LogP contribution is -2.57. The van der Waals surface area contributed by atoms with Crippen LogP contribution in [0.2, 0.25) is 0 Å². The van der Waals surface area contributed by atoms with Crippen LogP contribution in [-0.4, -0.2) is 64.1 Å². The number of nitrogens with zero attached hydrogens (tertiary/aromatic N) is 4. The number of hydrogen-bond acceptors (Lipinski definition) is 6. The lowest BCUT2D eigenvalue weighted by atomic mass is 9.83. The molecule has 0 spiro atoms. The van der Waals surface area contributed by atoms with Crippen LogP contribution in [0.1, 0.15) is 116 Å². The molecule has 10 heteroatoms. The van der Waals surface area contributed by atoms with Crippen molar-refractivity contribution in [1.29, 1.82) is 0 Å². The number of nitrogens with one attached hydrogen (secondary N) is 2. The third kappa shape index (κ3) is 7.06. The molecule has 2 N–H and O–H groups in total. The summed E-state index contributed by atoms with van der Waals surface area (Å²) in [7, 11) is 0. The summed E-state index contributed by atoms with van der Waals surface area (Å²) in [6, 6.07) is 16.8. The van der Waals surface area contributed by atoms with Gasteiger partial charge in [-0.15, -0.1) is 0 Å². The van der Waals surface area contributed by atoms with Gasteiger partial charge in [-0.25, -0.2) is 0 Å². The van der Waals surface area contributed by atoms with E-state index in [0.717, 1.165) is 47.8 Å². The maximum Gasteiger partial charge on any atom is 0.316 e. The van der Waals surface area contributed by atoms with Crippen LogP contribution in [0.15, 0.2) is 116 Å². The summed E-state index contributed by atoms with van der Waals surface area (Å²) >= 11 is 0. The van der Waals surface area contributed by atoms with Gasteiger partial charge < -0.3 is 9.97 Å². The van der Waals surface area contributed by atoms with Crippen LogP contribution in [0.3, 0.4) is 0 Å². The fourth-order valence-electron chi connectivity index (χ4n) is 11.6. The van der Waals surface area contributed by atoms with Gasteiger partial charge in [0.1, 0.15) is 0 Å². The first-order valence-electron chi connectivity index (χ1n) is 21.9. The van der Waals surface area contributed by atoms with Gasteiger partial charge in [-0.1, -0.05) is 98.6 Å². The first-order valence-corrected chi connectivity index (χ1v) is 21.9. The van der Waals surface area contributed by atoms with Gasteiger partial charge in [-0.2, -0.15) is 0 Å². The molecule has 4 bridgehead atoms. The molecule has 304 valence electrons. The van der Waals surface area contributed by atoms with E-state index in [1.54, 1.807) is 9.13 Å². The molecule has 4 aromatic rings. The van der Waals surface area contributed by atoms with Crippen LogP contribution in [0.25, 0.3) is 22.1 Å². The largest absolute Gasteiger partial charge is 0.316 e. The second-order valence-electron chi connectivity index (χ2n) is 18.1. The highest BCUT2D eigenvalue weighted by Gasteiger charge is 2.50. The Bertz CT molecular complexity index is 2370. The first-order chi connectivity index (χ1) is 28.1. The number of H-pyrrole nitrogens is 2. The number of rotatable bonds is 4. The van der Waals surface area contributed by atoms with Crippen molar-refractivity contribution in [3.8, 4) is 0 Å². The molecular weight excluding hydrogens is 725 g/mol. The van der Waals surface area contributed by atoms with Crippen molar-refractivity contribution in [2.45, 2.75) is 151 Å². The van der Waals surface area contributed by atoms with E-state index in [4.69, 9.17) is 0 Å². The Labute approximate surface area is 339 Å². The van der Waals surface area contributed by atoms with Gasteiger partial charge in [-0.3, -0.25) is 38.1 Å². The van der Waals surface area contributed by atoms with Crippen LogP contribution in [0.5, 0.6) is 0 Å². The zero-order valence-corrected chi connectivity index (χ0v) is 34.0. The smallest absolute Gasteiger partial charge is 0.316 e. The lowest BCUT2D eigenvalue weighted by molar-refractivity contribution is 0.0285. The summed E-state index contributed by atoms with van der Waals surface area (Å²) in [5.41, 5.74) is 0.997. The van der Waals surface area contributed by atoms with E-state index in [2.05, 4.69) is 82.2 Å². The molecule has 2 fully saturated rings. The van der Waals surface area contributed by atoms with Gasteiger partial charge >= 0.3 is 22.2 Å². The van der Waals surface area contributed by atoms with Crippen LogP contribution in [-0.2, 0) is 0 Å². The second kappa shape index (κ2) is 15.8. The molecule has 2 aromatic carbocycles. The highest BCUT2D eigenvalue weighted by molar-refractivity contribution is 5.75. The molecule has 2 saturated heterocycles. The molecule has 2 aromatic heterocycles. The van der Waals surface area contributed by atoms with Gasteiger partial charge in [0, 0.05) is 47.3 Å². The topological polar surface area (TPSA) is 116 Å². The fraction of sp³-hybridized carbons (Fsp3) is 0.500. The van der Waals surface area contributed by atoms with Gasteiger partial charge in [-0.05, 0) is 102 Å². The zero-order chi connectivity index (χ0) is 40.0. The molecule has 2 unspecified atom stereocenters. The van der Waals surface area contributed by atoms with Crippen molar-refractivity contribution in [3.63, 3.8) is 0 Å². The van der Waals surface area contributed by atoms with Gasteiger partial charge in [0.2, 0.25) is 0 Å². The lowest BCUT2D eigenvalue weighted by Gasteiger charge is -2.49. The van der Waals surface area contributed by atoms with Crippen molar-refractivity contribution in [3.05, 3.63) is 139 Å². The molecule has 10 nitrogen and oxygen atoms in total. The second-order valence-corrected chi connectivity index (χ2v) is 18.1. The third-order valence-electron chi connectivity index (χ3n) is 14.1. The normalized spacial score (nSPS) is 33.5. The van der Waals surface area contributed by atoms with Crippen molar-refractivity contribution in [2.75, 3.05) is 0 Å². The van der Waals surface area contributed by atoms with Crippen molar-refractivity contribution < 1.29 is 0 Å². The average molecular weight is 783 g/mol. The van der Waals surface area contributed by atoms with Crippen LogP contribution >= 0.6 is 0 Å². The predicted molar refractivity (Wildman–Crippen MR) is 233 cm³/mol. The minimum atomic E-state index is -0.528. The van der Waals surface area contributed by atoms with E-state index < -0.39 is 22.2 Å². The summed E-state index contributed by atoms with van der Waals surface area (Å²) in [6.07, 6.45) is 34.8. The summed E-state index contributed by atoms with van der Waals surface area (Å²) < 4.78 is 3.52. The molecule has 0 saturated carbocycles. The van der Waals surface area contributed by atoms with Gasteiger partial charge in [0.25, 0.3) is 0 Å². The number of para-hydroxylation sites is 4. The fourth-order valence-corrected chi connectivity index (χ4v) is 11.6. The van der Waals surface area contributed by atoms with Gasteiger partial charge in [0.05, 0.1) is 22.1 Å². The maximum atomic E-state index is 12.9. The SMILES string of the molecule is C[C@@]12C=C[C@@H](C[C@@H](n3c(=O)c(=O)[nH]c4ccccc43)C1)N2C1/C=C\CCCCC1.C[C@@]12C=C[C@@H](C[C@H](n3c(=O)c(=O)[nH]c4ccccc43)C1)N2C1/C=C\CCCCC1. The number of allylic oxidation sites excluding steroid dienone is 2. The molecular formula is C48H58N6O4. The van der Waals surface area contributed by atoms with E-state index in [-0.39, 0.29) is 23.2 Å². The highest BCUT2D eigenvalue weighted by Crippen LogP contribution is 2.47. The van der Waals surface area contributed by atoms with E-state index in [1.165, 1.54) is 64.2 Å². The molecule has 6 aliphatic rings. The Balaban J connectivity index is 0.000000150. The quantitative estimate of drug-likeness (QED) is 0.161. The monoisotopic (exact) mass is 782 g/mol. The van der Waals surface area contributed by atoms with E-state index in [1.807, 2.05) is 48.5 Å². The summed E-state index contributed by atoms with van der Waals surface area (Å²) in [5.74, 6) is 0. The minimum absolute atomic E-state index is 0.0217. The summed E-state index contributed by atoms with van der Waals surface area (Å²) in [4.78, 5) is 61.1. The molecule has 2 aliphatic carbocycles. The molecule has 8 atom stereocenters. The van der Waals surface area contributed by atoms with E-state index >= 15 is 0 Å². The molecule has 10 rings (SSSR count). The Morgan fingerprint density at radius 3 is 1.40 bits per heavy atom. The van der Waals surface area contributed by atoms with Crippen LogP contribution < -0.4 is 22.2 Å². The Hall–Kier alpha value is -4.80. The molecule has 4 aliphatic heterocycles. The van der Waals surface area contributed by atoms with E-state index in [9.17, 15) is 19.2 Å².